The molecule has 0 radical (unpaired) electrons. The molecule has 3 nitrogen and oxygen atoms in total. The topological polar surface area (TPSA) is 26.2 Å². The average Bonchev–Trinajstić information content (AvgIpc) is 2.86. The van der Waals surface area contributed by atoms with Gasteiger partial charge in [-0.05, 0) is 37.8 Å². The van der Waals surface area contributed by atoms with E-state index >= 15 is 0 Å². The van der Waals surface area contributed by atoms with Crippen molar-refractivity contribution in [2.45, 2.75) is 31.8 Å². The van der Waals surface area contributed by atoms with Gasteiger partial charge in [0.1, 0.15) is 0 Å². The van der Waals surface area contributed by atoms with E-state index in [0.29, 0.717) is 6.10 Å². The molecule has 1 aliphatic rings. The van der Waals surface area contributed by atoms with E-state index in [9.17, 15) is 0 Å². The van der Waals surface area contributed by atoms with Gasteiger partial charge in [-0.2, -0.15) is 0 Å². The van der Waals surface area contributed by atoms with E-state index in [1.54, 1.807) is 0 Å². The lowest BCUT2D eigenvalue weighted by atomic mass is 10.1. The molecule has 3 heteroatoms. The Labute approximate surface area is 85.0 Å². The Morgan fingerprint density at radius 3 is 2.93 bits per heavy atom. The average molecular weight is 194 g/mol. The lowest BCUT2D eigenvalue weighted by Gasteiger charge is -2.10. The molecule has 2 heterocycles. The summed E-state index contributed by atoms with van der Waals surface area (Å²) in [6, 6.07) is 4.04. The van der Waals surface area contributed by atoms with E-state index in [-0.39, 0.29) is 0 Å². The fourth-order valence-electron chi connectivity index (χ4n) is 1.85. The van der Waals surface area contributed by atoms with Gasteiger partial charge in [0.15, 0.2) is 0 Å². The van der Waals surface area contributed by atoms with Crippen molar-refractivity contribution in [2.24, 2.45) is 0 Å². The molecule has 0 bridgehead atoms. The summed E-state index contributed by atoms with van der Waals surface area (Å²) >= 11 is 0. The smallest absolute Gasteiger partial charge is 0.0576 e. The largest absolute Gasteiger partial charge is 0.378 e. The maximum absolute atomic E-state index is 5.56. The summed E-state index contributed by atoms with van der Waals surface area (Å²) in [7, 11) is 0. The second-order valence-corrected chi connectivity index (χ2v) is 3.78. The van der Waals surface area contributed by atoms with Crippen molar-refractivity contribution >= 4 is 0 Å². The molecular weight excluding hydrogens is 176 g/mol. The number of hydrogen-bond donors (Lipinski definition) is 1. The van der Waals surface area contributed by atoms with E-state index < -0.39 is 0 Å². The van der Waals surface area contributed by atoms with E-state index in [1.807, 2.05) is 29.2 Å². The van der Waals surface area contributed by atoms with Crippen molar-refractivity contribution in [3.8, 4) is 0 Å². The molecule has 1 fully saturated rings. The second kappa shape index (κ2) is 5.05. The van der Waals surface area contributed by atoms with Gasteiger partial charge in [-0.15, -0.1) is 0 Å². The first-order chi connectivity index (χ1) is 6.95. The summed E-state index contributed by atoms with van der Waals surface area (Å²) in [6.45, 7) is 1.99. The first-order valence-corrected chi connectivity index (χ1v) is 5.43. The van der Waals surface area contributed by atoms with Gasteiger partial charge in [0, 0.05) is 25.5 Å². The zero-order valence-corrected chi connectivity index (χ0v) is 8.48. The summed E-state index contributed by atoms with van der Waals surface area (Å²) in [5, 5.41) is 0. The van der Waals surface area contributed by atoms with Crippen molar-refractivity contribution in [1.29, 1.82) is 0 Å². The minimum absolute atomic E-state index is 0.529. The third-order valence-electron chi connectivity index (χ3n) is 2.63. The maximum atomic E-state index is 5.56. The highest BCUT2D eigenvalue weighted by molar-refractivity contribution is 4.92. The fraction of sp³-hybridized carbons (Fsp3) is 0.636. The van der Waals surface area contributed by atoms with Gasteiger partial charge < -0.3 is 10.2 Å². The van der Waals surface area contributed by atoms with Gasteiger partial charge >= 0.3 is 0 Å². The number of ether oxygens (including phenoxy) is 1. The van der Waals surface area contributed by atoms with Crippen molar-refractivity contribution in [1.82, 2.24) is 4.68 Å². The predicted molar refractivity (Wildman–Crippen MR) is 56.9 cm³/mol. The summed E-state index contributed by atoms with van der Waals surface area (Å²) in [5.74, 6) is 0. The first-order valence-electron chi connectivity index (χ1n) is 5.43. The quantitative estimate of drug-likeness (QED) is 0.725. The van der Waals surface area contributed by atoms with Gasteiger partial charge in [-0.1, -0.05) is 0 Å². The molecule has 2 rings (SSSR count). The Morgan fingerprint density at radius 2 is 2.21 bits per heavy atom. The van der Waals surface area contributed by atoms with Crippen molar-refractivity contribution in [3.63, 3.8) is 0 Å². The second-order valence-electron chi connectivity index (χ2n) is 3.78. The zero-order chi connectivity index (χ0) is 9.64. The molecule has 0 aromatic carbocycles. The van der Waals surface area contributed by atoms with Crippen LogP contribution in [0.5, 0.6) is 0 Å². The van der Waals surface area contributed by atoms with Crippen LogP contribution in [0.1, 0.15) is 25.7 Å². The van der Waals surface area contributed by atoms with Crippen LogP contribution in [0.25, 0.3) is 0 Å². The summed E-state index contributed by atoms with van der Waals surface area (Å²) in [4.78, 5) is 0. The Kier molecular flexibility index (Phi) is 3.46. The Morgan fingerprint density at radius 1 is 1.36 bits per heavy atom. The summed E-state index contributed by atoms with van der Waals surface area (Å²) in [6.07, 6.45) is 9.44. The van der Waals surface area contributed by atoms with E-state index in [1.165, 1.54) is 25.7 Å². The van der Waals surface area contributed by atoms with Crippen LogP contribution in [0.3, 0.4) is 0 Å². The molecule has 0 spiro atoms. The fourth-order valence-corrected chi connectivity index (χ4v) is 1.85. The van der Waals surface area contributed by atoms with Gasteiger partial charge in [0.2, 0.25) is 0 Å². The molecule has 1 aromatic rings. The van der Waals surface area contributed by atoms with Gasteiger partial charge in [-0.3, -0.25) is 4.68 Å². The predicted octanol–water partition coefficient (Wildman–Crippen LogP) is 1.99. The highest BCUT2D eigenvalue weighted by atomic mass is 16.5. The van der Waals surface area contributed by atoms with Crippen LogP contribution < -0.4 is 5.43 Å². The minimum Gasteiger partial charge on any atom is -0.378 e. The monoisotopic (exact) mass is 194 g/mol. The number of rotatable bonds is 5. The number of hydrogen-bond acceptors (Lipinski definition) is 2. The van der Waals surface area contributed by atoms with Crippen LogP contribution in [-0.4, -0.2) is 23.9 Å². The molecule has 14 heavy (non-hydrogen) atoms. The number of nitrogens with zero attached hydrogens (tertiary/aromatic N) is 1. The highest BCUT2D eigenvalue weighted by Gasteiger charge is 2.14. The molecule has 1 saturated heterocycles. The first kappa shape index (κ1) is 9.59. The van der Waals surface area contributed by atoms with Crippen molar-refractivity contribution < 1.29 is 4.74 Å². The zero-order valence-electron chi connectivity index (χ0n) is 8.48. The van der Waals surface area contributed by atoms with Crippen LogP contribution in [0.15, 0.2) is 24.5 Å². The highest BCUT2D eigenvalue weighted by Crippen LogP contribution is 2.16. The van der Waals surface area contributed by atoms with Crippen LogP contribution >= 0.6 is 0 Å². The molecular formula is C11H18N2O. The molecule has 0 amide bonds. The van der Waals surface area contributed by atoms with E-state index in [2.05, 4.69) is 5.43 Å². The van der Waals surface area contributed by atoms with Crippen molar-refractivity contribution in [3.05, 3.63) is 24.5 Å². The lowest BCUT2D eigenvalue weighted by molar-refractivity contribution is 0.103. The molecule has 0 saturated carbocycles. The molecule has 78 valence electrons. The molecule has 1 atom stereocenters. The summed E-state index contributed by atoms with van der Waals surface area (Å²) in [5.41, 5.74) is 3.31. The van der Waals surface area contributed by atoms with Gasteiger partial charge in [0.05, 0.1) is 6.10 Å². The van der Waals surface area contributed by atoms with Crippen LogP contribution in [0.2, 0.25) is 0 Å². The number of nitrogens with one attached hydrogen (secondary N) is 1. The third-order valence-corrected chi connectivity index (χ3v) is 2.63. The third kappa shape index (κ3) is 2.77. The molecule has 1 aliphatic heterocycles. The minimum atomic E-state index is 0.529. The van der Waals surface area contributed by atoms with Crippen LogP contribution in [0, 0.1) is 0 Å². The van der Waals surface area contributed by atoms with E-state index in [4.69, 9.17) is 4.74 Å². The molecule has 1 aromatic heterocycles. The summed E-state index contributed by atoms with van der Waals surface area (Å²) < 4.78 is 7.55. The SMILES string of the molecule is c1ccn(NCCCC2CCCO2)c1. The molecule has 1 N–H and O–H groups in total. The number of aromatic nitrogens is 1. The van der Waals surface area contributed by atoms with Crippen molar-refractivity contribution in [2.75, 3.05) is 18.6 Å². The Bertz CT molecular complexity index is 240. The van der Waals surface area contributed by atoms with Crippen LogP contribution in [0.4, 0.5) is 0 Å². The van der Waals surface area contributed by atoms with Gasteiger partial charge in [0.25, 0.3) is 0 Å². The van der Waals surface area contributed by atoms with Crippen LogP contribution in [-0.2, 0) is 4.74 Å². The normalized spacial score (nSPS) is 21.3. The lowest BCUT2D eigenvalue weighted by Crippen LogP contribution is -2.15. The Hall–Kier alpha value is -0.960. The standard InChI is InChI=1S/C11H18N2O/c1-2-9-13(8-1)12-7-3-5-11-6-4-10-14-11/h1-2,8-9,11-12H,3-7,10H2. The molecule has 1 unspecified atom stereocenters. The maximum Gasteiger partial charge on any atom is 0.0576 e. The Balaban J connectivity index is 1.55. The molecule has 0 aliphatic carbocycles. The van der Waals surface area contributed by atoms with E-state index in [0.717, 1.165) is 13.2 Å². The van der Waals surface area contributed by atoms with Gasteiger partial charge in [-0.25, -0.2) is 0 Å².